The summed E-state index contributed by atoms with van der Waals surface area (Å²) in [6.45, 7) is 3.61. The zero-order valence-corrected chi connectivity index (χ0v) is 17.6. The molecular weight excluding hydrogens is 380 g/mol. The molecule has 2 aromatic rings. The number of aryl methyl sites for hydroxylation is 1. The van der Waals surface area contributed by atoms with Crippen LogP contribution in [0, 0.1) is 5.92 Å². The fourth-order valence-electron chi connectivity index (χ4n) is 3.79. The van der Waals surface area contributed by atoms with Gasteiger partial charge in [0.1, 0.15) is 5.76 Å². The van der Waals surface area contributed by atoms with Crippen LogP contribution < -0.4 is 5.32 Å². The van der Waals surface area contributed by atoms with Crippen LogP contribution in [0.5, 0.6) is 0 Å². The lowest BCUT2D eigenvalue weighted by Gasteiger charge is -2.31. The van der Waals surface area contributed by atoms with E-state index in [-0.39, 0.29) is 36.4 Å². The molecule has 6 heteroatoms. The quantitative estimate of drug-likeness (QED) is 0.639. The third kappa shape index (κ3) is 6.05. The van der Waals surface area contributed by atoms with E-state index in [0.717, 1.165) is 18.6 Å². The summed E-state index contributed by atoms with van der Waals surface area (Å²) in [4.78, 5) is 38.9. The van der Waals surface area contributed by atoms with E-state index in [2.05, 4.69) is 12.2 Å². The number of furan rings is 1. The van der Waals surface area contributed by atoms with Crippen LogP contribution in [0.2, 0.25) is 0 Å². The fraction of sp³-hybridized carbons (Fsp3) is 0.458. The van der Waals surface area contributed by atoms with E-state index in [1.165, 1.54) is 5.56 Å². The Balaban J connectivity index is 1.38. The van der Waals surface area contributed by atoms with Crippen LogP contribution in [0.15, 0.2) is 47.1 Å². The SMILES string of the molecule is CCCc1ccc(C(=O)CCC(=O)N2CCC(C(=O)NCc3ccco3)CC2)cc1. The molecule has 0 saturated carbocycles. The lowest BCUT2D eigenvalue weighted by Crippen LogP contribution is -2.43. The van der Waals surface area contributed by atoms with Gasteiger partial charge in [-0.15, -0.1) is 0 Å². The number of rotatable bonds is 9. The summed E-state index contributed by atoms with van der Waals surface area (Å²) in [7, 11) is 0. The number of hydrogen-bond acceptors (Lipinski definition) is 4. The Morgan fingerprint density at radius 1 is 1.07 bits per heavy atom. The Hall–Kier alpha value is -2.89. The van der Waals surface area contributed by atoms with E-state index in [1.807, 2.05) is 30.3 Å². The van der Waals surface area contributed by atoms with Gasteiger partial charge >= 0.3 is 0 Å². The molecule has 160 valence electrons. The summed E-state index contributed by atoms with van der Waals surface area (Å²) in [6.07, 6.45) is 5.37. The molecule has 1 aromatic heterocycles. The molecular formula is C24H30N2O4. The predicted molar refractivity (Wildman–Crippen MR) is 114 cm³/mol. The Bertz CT molecular complexity index is 835. The van der Waals surface area contributed by atoms with Gasteiger partial charge in [0.05, 0.1) is 12.8 Å². The first-order valence-electron chi connectivity index (χ1n) is 10.8. The highest BCUT2D eigenvalue weighted by atomic mass is 16.3. The van der Waals surface area contributed by atoms with Gasteiger partial charge in [-0.25, -0.2) is 0 Å². The van der Waals surface area contributed by atoms with Crippen LogP contribution in [0.4, 0.5) is 0 Å². The van der Waals surface area contributed by atoms with E-state index in [0.29, 0.717) is 38.0 Å². The van der Waals surface area contributed by atoms with Gasteiger partial charge in [-0.3, -0.25) is 14.4 Å². The zero-order valence-electron chi connectivity index (χ0n) is 17.6. The molecule has 0 unspecified atom stereocenters. The highest BCUT2D eigenvalue weighted by Gasteiger charge is 2.27. The van der Waals surface area contributed by atoms with Crippen molar-refractivity contribution in [2.75, 3.05) is 13.1 Å². The standard InChI is InChI=1S/C24H30N2O4/c1-2-4-18-6-8-19(9-7-18)22(27)10-11-23(28)26-14-12-20(13-15-26)24(29)25-17-21-5-3-16-30-21/h3,5-9,16,20H,2,4,10-15,17H2,1H3,(H,25,29). The third-order valence-electron chi connectivity index (χ3n) is 5.62. The summed E-state index contributed by atoms with van der Waals surface area (Å²) >= 11 is 0. The van der Waals surface area contributed by atoms with Crippen molar-refractivity contribution in [3.05, 3.63) is 59.5 Å². The molecule has 1 aliphatic heterocycles. The number of nitrogens with one attached hydrogen (secondary N) is 1. The number of amides is 2. The first kappa shape index (κ1) is 21.8. The molecule has 1 fully saturated rings. The Kier molecular flexibility index (Phi) is 7.82. The van der Waals surface area contributed by atoms with Gasteiger partial charge in [-0.05, 0) is 37.0 Å². The second kappa shape index (κ2) is 10.8. The number of Topliss-reactive ketones (excluding diaryl/α,β-unsaturated/α-hetero) is 1. The van der Waals surface area contributed by atoms with E-state index in [4.69, 9.17) is 4.42 Å². The molecule has 0 radical (unpaired) electrons. The van der Waals surface area contributed by atoms with E-state index in [1.54, 1.807) is 17.2 Å². The molecule has 3 rings (SSSR count). The summed E-state index contributed by atoms with van der Waals surface area (Å²) in [5.74, 6) is 0.618. The number of nitrogens with zero attached hydrogens (tertiary/aromatic N) is 1. The minimum atomic E-state index is -0.0905. The van der Waals surface area contributed by atoms with Gasteiger partial charge in [0.2, 0.25) is 11.8 Å². The molecule has 2 heterocycles. The van der Waals surface area contributed by atoms with Gasteiger partial charge in [-0.2, -0.15) is 0 Å². The molecule has 1 aromatic carbocycles. The van der Waals surface area contributed by atoms with E-state index in [9.17, 15) is 14.4 Å². The van der Waals surface area contributed by atoms with Gasteiger partial charge in [-0.1, -0.05) is 37.6 Å². The van der Waals surface area contributed by atoms with Gasteiger partial charge in [0.15, 0.2) is 5.78 Å². The van der Waals surface area contributed by atoms with Crippen molar-refractivity contribution in [2.24, 2.45) is 5.92 Å². The average Bonchev–Trinajstić information content (AvgIpc) is 3.30. The van der Waals surface area contributed by atoms with Crippen molar-refractivity contribution in [3.8, 4) is 0 Å². The van der Waals surface area contributed by atoms with Crippen LogP contribution in [-0.2, 0) is 22.6 Å². The van der Waals surface area contributed by atoms with Crippen molar-refractivity contribution >= 4 is 17.6 Å². The summed E-state index contributed by atoms with van der Waals surface area (Å²) < 4.78 is 5.22. The molecule has 1 saturated heterocycles. The molecule has 6 nitrogen and oxygen atoms in total. The smallest absolute Gasteiger partial charge is 0.223 e. The highest BCUT2D eigenvalue weighted by molar-refractivity contribution is 5.98. The van der Waals surface area contributed by atoms with Crippen LogP contribution in [-0.4, -0.2) is 35.6 Å². The summed E-state index contributed by atoms with van der Waals surface area (Å²) in [5, 5.41) is 2.89. The molecule has 0 atom stereocenters. The van der Waals surface area contributed by atoms with Crippen molar-refractivity contribution in [3.63, 3.8) is 0 Å². The average molecular weight is 411 g/mol. The van der Waals surface area contributed by atoms with Crippen molar-refractivity contribution in [1.82, 2.24) is 10.2 Å². The van der Waals surface area contributed by atoms with Crippen molar-refractivity contribution in [1.29, 1.82) is 0 Å². The van der Waals surface area contributed by atoms with E-state index < -0.39 is 0 Å². The number of benzene rings is 1. The maximum atomic E-state index is 12.5. The molecule has 2 amide bonds. The predicted octanol–water partition coefficient (Wildman–Crippen LogP) is 3.75. The molecule has 1 N–H and O–H groups in total. The number of likely N-dealkylation sites (tertiary alicyclic amines) is 1. The molecule has 1 aliphatic rings. The monoisotopic (exact) mass is 410 g/mol. The maximum absolute atomic E-state index is 12.5. The summed E-state index contributed by atoms with van der Waals surface area (Å²) in [5.41, 5.74) is 1.88. The van der Waals surface area contributed by atoms with Crippen molar-refractivity contribution in [2.45, 2.75) is 52.0 Å². The van der Waals surface area contributed by atoms with Gasteiger partial charge < -0.3 is 14.6 Å². The molecule has 30 heavy (non-hydrogen) atoms. The molecule has 0 bridgehead atoms. The van der Waals surface area contributed by atoms with Crippen LogP contribution in [0.1, 0.15) is 60.7 Å². The fourth-order valence-corrected chi connectivity index (χ4v) is 3.79. The zero-order chi connectivity index (χ0) is 21.3. The van der Waals surface area contributed by atoms with Crippen LogP contribution in [0.3, 0.4) is 0 Å². The lowest BCUT2D eigenvalue weighted by molar-refractivity contribution is -0.135. The largest absolute Gasteiger partial charge is 0.467 e. The highest BCUT2D eigenvalue weighted by Crippen LogP contribution is 2.19. The first-order chi connectivity index (χ1) is 14.6. The van der Waals surface area contributed by atoms with Gasteiger partial charge in [0.25, 0.3) is 0 Å². The van der Waals surface area contributed by atoms with Crippen molar-refractivity contribution < 1.29 is 18.8 Å². The normalized spacial score (nSPS) is 14.5. The molecule has 0 aliphatic carbocycles. The second-order valence-electron chi connectivity index (χ2n) is 7.82. The lowest BCUT2D eigenvalue weighted by atomic mass is 9.95. The number of carbonyl (C=O) groups excluding carboxylic acids is 3. The van der Waals surface area contributed by atoms with E-state index >= 15 is 0 Å². The second-order valence-corrected chi connectivity index (χ2v) is 7.82. The number of carbonyl (C=O) groups is 3. The molecule has 0 spiro atoms. The van der Waals surface area contributed by atoms with Crippen LogP contribution in [0.25, 0.3) is 0 Å². The topological polar surface area (TPSA) is 79.6 Å². The number of hydrogen-bond donors (Lipinski definition) is 1. The number of piperidine rings is 1. The Morgan fingerprint density at radius 2 is 1.80 bits per heavy atom. The minimum absolute atomic E-state index is 0.000182. The third-order valence-corrected chi connectivity index (χ3v) is 5.62. The summed E-state index contributed by atoms with van der Waals surface area (Å²) in [6, 6.07) is 11.3. The minimum Gasteiger partial charge on any atom is -0.467 e. The van der Waals surface area contributed by atoms with Crippen LogP contribution >= 0.6 is 0 Å². The Labute approximate surface area is 177 Å². The van der Waals surface area contributed by atoms with Gasteiger partial charge in [0, 0.05) is 37.4 Å². The Morgan fingerprint density at radius 3 is 2.43 bits per heavy atom. The number of ketones is 1. The maximum Gasteiger partial charge on any atom is 0.223 e. The first-order valence-corrected chi connectivity index (χ1v) is 10.8.